The lowest BCUT2D eigenvalue weighted by Gasteiger charge is -2.40. The maximum absolute atomic E-state index is 9.29. The highest BCUT2D eigenvalue weighted by atomic mass is 32.1. The topological polar surface area (TPSA) is 109 Å². The van der Waals surface area contributed by atoms with Gasteiger partial charge in [0.1, 0.15) is 10.8 Å². The van der Waals surface area contributed by atoms with Gasteiger partial charge in [-0.3, -0.25) is 10.2 Å². The number of fused-ring (bicyclic) bond motifs is 3. The molecule has 2 unspecified atom stereocenters. The van der Waals surface area contributed by atoms with Crippen molar-refractivity contribution in [1.29, 1.82) is 5.26 Å². The Balaban J connectivity index is 1.28. The van der Waals surface area contributed by atoms with Gasteiger partial charge in [-0.25, -0.2) is 9.98 Å². The summed E-state index contributed by atoms with van der Waals surface area (Å²) in [5, 5.41) is 32.7. The molecule has 8 nitrogen and oxygen atoms in total. The smallest absolute Gasteiger partial charge is 0.188 e. The number of piperidine rings is 1. The molecule has 4 atom stereocenters. The van der Waals surface area contributed by atoms with Gasteiger partial charge in [-0.15, -0.1) is 11.3 Å². The lowest BCUT2D eigenvalue weighted by molar-refractivity contribution is 0.117. The molecule has 3 aliphatic heterocycles. The van der Waals surface area contributed by atoms with Gasteiger partial charge < -0.3 is 15.7 Å². The average Bonchev–Trinajstić information content (AvgIpc) is 3.45. The summed E-state index contributed by atoms with van der Waals surface area (Å²) in [5.74, 6) is 0.802. The second-order valence-electron chi connectivity index (χ2n) is 7.97. The molecule has 0 amide bonds. The Morgan fingerprint density at radius 3 is 2.90 bits per heavy atom. The summed E-state index contributed by atoms with van der Waals surface area (Å²) in [5.41, 5.74) is 1.05. The number of aromatic nitrogens is 1. The van der Waals surface area contributed by atoms with Gasteiger partial charge in [-0.05, 0) is 37.1 Å². The van der Waals surface area contributed by atoms with E-state index < -0.39 is 0 Å². The summed E-state index contributed by atoms with van der Waals surface area (Å²) >= 11 is 3.11. The molecule has 2 aromatic rings. The van der Waals surface area contributed by atoms with E-state index in [9.17, 15) is 5.11 Å². The number of amidine groups is 1. The fourth-order valence-electron chi connectivity index (χ4n) is 4.86. The van der Waals surface area contributed by atoms with Crippen LogP contribution in [0.3, 0.4) is 0 Å². The number of aliphatic hydroxyl groups is 1. The second kappa shape index (κ2) is 8.61. The van der Waals surface area contributed by atoms with Crippen LogP contribution in [0.15, 0.2) is 22.6 Å². The molecule has 2 aromatic heterocycles. The molecule has 30 heavy (non-hydrogen) atoms. The maximum Gasteiger partial charge on any atom is 0.188 e. The third-order valence-electron chi connectivity index (χ3n) is 6.14. The zero-order valence-corrected chi connectivity index (χ0v) is 18.2. The molecule has 0 spiro atoms. The zero-order valence-electron chi connectivity index (χ0n) is 16.5. The van der Waals surface area contributed by atoms with E-state index in [1.165, 1.54) is 24.2 Å². The Morgan fingerprint density at radius 1 is 1.33 bits per heavy atom. The van der Waals surface area contributed by atoms with Gasteiger partial charge in [0.05, 0.1) is 23.1 Å². The van der Waals surface area contributed by atoms with Crippen LogP contribution in [-0.4, -0.2) is 51.8 Å². The summed E-state index contributed by atoms with van der Waals surface area (Å²) < 4.78 is 0. The van der Waals surface area contributed by atoms with Crippen molar-refractivity contribution in [2.24, 2.45) is 4.99 Å². The van der Waals surface area contributed by atoms with E-state index in [4.69, 9.17) is 10.3 Å². The fraction of sp³-hybridized carbons (Fsp3) is 0.550. The molecule has 0 aromatic carbocycles. The Bertz CT molecular complexity index is 951. The van der Waals surface area contributed by atoms with Gasteiger partial charge in [0.25, 0.3) is 0 Å². The SMILES string of the molecule is N#CCCN1[C@@H]2CC[C@H]1CC(NC1N=C(Nc3ncc(CO)s3)c3ccsc3N1)C2. The van der Waals surface area contributed by atoms with E-state index in [1.54, 1.807) is 17.5 Å². The van der Waals surface area contributed by atoms with Crippen molar-refractivity contribution in [3.8, 4) is 6.07 Å². The number of hydrogen-bond acceptors (Lipinski definition) is 10. The van der Waals surface area contributed by atoms with Gasteiger partial charge in [-0.2, -0.15) is 5.26 Å². The number of anilines is 2. The van der Waals surface area contributed by atoms with Crippen molar-refractivity contribution in [3.05, 3.63) is 28.1 Å². The van der Waals surface area contributed by atoms with E-state index in [-0.39, 0.29) is 12.9 Å². The monoisotopic (exact) mass is 443 g/mol. The minimum absolute atomic E-state index is 0.00332. The molecule has 0 saturated carbocycles. The molecule has 3 aliphatic rings. The van der Waals surface area contributed by atoms with Crippen LogP contribution in [0.2, 0.25) is 0 Å². The highest BCUT2D eigenvalue weighted by Gasteiger charge is 2.41. The Labute approximate surface area is 183 Å². The molecule has 2 bridgehead atoms. The first-order valence-corrected chi connectivity index (χ1v) is 12.1. The van der Waals surface area contributed by atoms with Crippen LogP contribution in [0.4, 0.5) is 10.1 Å². The quantitative estimate of drug-likeness (QED) is 0.544. The van der Waals surface area contributed by atoms with Gasteiger partial charge >= 0.3 is 0 Å². The number of aliphatic hydroxyl groups excluding tert-OH is 1. The number of thiophene rings is 1. The number of nitrogens with zero attached hydrogens (tertiary/aromatic N) is 4. The third kappa shape index (κ3) is 3.96. The molecular formula is C20H25N7OS2. The molecule has 4 N–H and O–H groups in total. The van der Waals surface area contributed by atoms with Crippen molar-refractivity contribution in [3.63, 3.8) is 0 Å². The minimum Gasteiger partial charge on any atom is -0.391 e. The van der Waals surface area contributed by atoms with Crippen LogP contribution in [0.25, 0.3) is 0 Å². The number of thiazole rings is 1. The second-order valence-corrected chi connectivity index (χ2v) is 10.0. The van der Waals surface area contributed by atoms with E-state index >= 15 is 0 Å². The van der Waals surface area contributed by atoms with Crippen molar-refractivity contribution in [1.82, 2.24) is 15.2 Å². The fourth-order valence-corrected chi connectivity index (χ4v) is 6.34. The van der Waals surface area contributed by atoms with Gasteiger partial charge in [0, 0.05) is 37.3 Å². The molecule has 10 heteroatoms. The van der Waals surface area contributed by atoms with Crippen molar-refractivity contribution in [2.45, 2.75) is 63.1 Å². The summed E-state index contributed by atoms with van der Waals surface area (Å²) in [6.07, 6.45) is 6.78. The zero-order chi connectivity index (χ0) is 20.5. The highest BCUT2D eigenvalue weighted by Crippen LogP contribution is 2.36. The standard InChI is InChI=1S/C20H25N7OS2/c21-5-1-6-27-13-2-3-14(27)9-12(8-13)23-19-24-17(16-4-7-29-18(16)26-19)25-20-22-10-15(11-28)30-20/h4,7,10,12-14,19,23,26,28H,1-3,6,8-9,11H2,(H,22,24,25)/t12?,13-,14+,19?. The minimum atomic E-state index is -0.189. The van der Waals surface area contributed by atoms with Crippen LogP contribution in [0.5, 0.6) is 0 Å². The Kier molecular flexibility index (Phi) is 5.71. The van der Waals surface area contributed by atoms with Crippen LogP contribution in [0, 0.1) is 11.3 Å². The number of aliphatic imine (C=N–C) groups is 1. The predicted octanol–water partition coefficient (Wildman–Crippen LogP) is 2.76. The number of hydrogen-bond donors (Lipinski definition) is 4. The molecular weight excluding hydrogens is 418 g/mol. The third-order valence-corrected chi connectivity index (χ3v) is 7.88. The lowest BCUT2D eigenvalue weighted by Crippen LogP contribution is -2.53. The van der Waals surface area contributed by atoms with E-state index in [0.29, 0.717) is 24.5 Å². The first-order chi connectivity index (χ1) is 14.7. The molecule has 5 heterocycles. The van der Waals surface area contributed by atoms with E-state index in [1.807, 2.05) is 0 Å². The maximum atomic E-state index is 9.29. The largest absolute Gasteiger partial charge is 0.391 e. The Hall–Kier alpha value is -2.03. The summed E-state index contributed by atoms with van der Waals surface area (Å²) in [4.78, 5) is 12.6. The number of rotatable bonds is 6. The normalized spacial score (nSPS) is 27.8. The summed E-state index contributed by atoms with van der Waals surface area (Å²) in [7, 11) is 0. The van der Waals surface area contributed by atoms with Crippen LogP contribution < -0.4 is 16.0 Å². The average molecular weight is 444 g/mol. The summed E-state index contributed by atoms with van der Waals surface area (Å²) in [6, 6.07) is 5.90. The molecule has 0 radical (unpaired) electrons. The molecule has 158 valence electrons. The van der Waals surface area contributed by atoms with Crippen LogP contribution in [0.1, 0.15) is 42.5 Å². The van der Waals surface area contributed by atoms with Gasteiger partial charge in [-0.1, -0.05) is 11.3 Å². The van der Waals surface area contributed by atoms with Crippen molar-refractivity contribution in [2.75, 3.05) is 17.2 Å². The molecule has 2 fully saturated rings. The lowest BCUT2D eigenvalue weighted by atomic mass is 9.97. The molecule has 2 saturated heterocycles. The van der Waals surface area contributed by atoms with Crippen molar-refractivity contribution < 1.29 is 5.11 Å². The number of nitriles is 1. The van der Waals surface area contributed by atoms with E-state index in [2.05, 4.69) is 43.3 Å². The predicted molar refractivity (Wildman–Crippen MR) is 120 cm³/mol. The first kappa shape index (κ1) is 19.9. The molecule has 0 aliphatic carbocycles. The highest BCUT2D eigenvalue weighted by molar-refractivity contribution is 7.16. The molecule has 5 rings (SSSR count). The first-order valence-electron chi connectivity index (χ1n) is 10.4. The summed E-state index contributed by atoms with van der Waals surface area (Å²) in [6.45, 7) is 0.894. The van der Waals surface area contributed by atoms with E-state index in [0.717, 1.165) is 45.8 Å². The Morgan fingerprint density at radius 2 is 2.17 bits per heavy atom. The van der Waals surface area contributed by atoms with Crippen molar-refractivity contribution >= 4 is 38.6 Å². The van der Waals surface area contributed by atoms with Gasteiger partial charge in [0.2, 0.25) is 0 Å². The number of nitrogens with one attached hydrogen (secondary N) is 3. The van der Waals surface area contributed by atoms with Crippen LogP contribution in [-0.2, 0) is 6.61 Å². The van der Waals surface area contributed by atoms with Crippen LogP contribution >= 0.6 is 22.7 Å². The van der Waals surface area contributed by atoms with Gasteiger partial charge in [0.15, 0.2) is 11.4 Å².